The van der Waals surface area contributed by atoms with Crippen LogP contribution in [0.25, 0.3) is 0 Å². The van der Waals surface area contributed by atoms with Gasteiger partial charge in [-0.25, -0.2) is 0 Å². The van der Waals surface area contributed by atoms with Gasteiger partial charge in [0.2, 0.25) is 0 Å². The van der Waals surface area contributed by atoms with Crippen molar-refractivity contribution in [2.24, 2.45) is 22.9 Å². The third-order valence-corrected chi connectivity index (χ3v) is 6.68. The van der Waals surface area contributed by atoms with Gasteiger partial charge in [0.1, 0.15) is 54.9 Å². The second-order valence-electron chi connectivity index (χ2n) is 9.34. The molecule has 200 valence electrons. The van der Waals surface area contributed by atoms with Gasteiger partial charge >= 0.3 is 0 Å². The lowest BCUT2D eigenvalue weighted by Gasteiger charge is -2.47. The van der Waals surface area contributed by atoms with Gasteiger partial charge in [0.15, 0.2) is 12.6 Å². The number of hydrogen-bond acceptors (Lipinski definition) is 15. The van der Waals surface area contributed by atoms with Crippen LogP contribution in [0.1, 0.15) is 13.3 Å². The average molecular weight is 499 g/mol. The molecule has 2 heterocycles. The molecule has 16 atom stereocenters. The fourth-order valence-electron chi connectivity index (χ4n) is 4.59. The maximum Gasteiger partial charge on any atom is 0.187 e. The normalized spacial score (nSPS) is 51.9. The summed E-state index contributed by atoms with van der Waals surface area (Å²) >= 11 is 0. The molecule has 0 aromatic carbocycles. The molecule has 3 fully saturated rings. The molecule has 1 aliphatic carbocycles. The summed E-state index contributed by atoms with van der Waals surface area (Å²) in [5, 5.41) is 71.0. The van der Waals surface area contributed by atoms with E-state index in [1.54, 1.807) is 6.92 Å². The highest BCUT2D eigenvalue weighted by Crippen LogP contribution is 2.32. The smallest absolute Gasteiger partial charge is 0.187 e. The van der Waals surface area contributed by atoms with E-state index in [0.29, 0.717) is 0 Å². The minimum atomic E-state index is -1.61. The summed E-state index contributed by atoms with van der Waals surface area (Å²) in [6.45, 7) is 0.813. The summed E-state index contributed by atoms with van der Waals surface area (Å²) in [5.41, 5.74) is 23.9. The van der Waals surface area contributed by atoms with Gasteiger partial charge in [0, 0.05) is 18.1 Å². The number of rotatable bonds is 7. The van der Waals surface area contributed by atoms with Crippen LogP contribution < -0.4 is 22.9 Å². The highest BCUT2D eigenvalue weighted by molar-refractivity contribution is 5.02. The molecule has 0 bridgehead atoms. The predicted molar refractivity (Wildman–Crippen MR) is 112 cm³/mol. The van der Waals surface area contributed by atoms with Crippen LogP contribution in [-0.2, 0) is 18.9 Å². The molecule has 0 amide bonds. The summed E-state index contributed by atoms with van der Waals surface area (Å²) in [5.74, 6) is 0. The van der Waals surface area contributed by atoms with E-state index in [1.807, 2.05) is 0 Å². The number of aliphatic hydroxyl groups excluding tert-OH is 7. The summed E-state index contributed by atoms with van der Waals surface area (Å²) in [6, 6.07) is -3.60. The van der Waals surface area contributed by atoms with Crippen molar-refractivity contribution in [3.8, 4) is 0 Å². The van der Waals surface area contributed by atoms with E-state index in [2.05, 4.69) is 0 Å². The Hall–Kier alpha value is -0.600. The first-order chi connectivity index (χ1) is 15.9. The Labute approximate surface area is 196 Å². The van der Waals surface area contributed by atoms with Gasteiger partial charge in [-0.05, 0) is 13.3 Å². The van der Waals surface area contributed by atoms with Crippen molar-refractivity contribution in [2.45, 2.75) is 111 Å². The standard InChI is InChI=1S/C19H38N4O11/c1-4(20)14-12(29)13(30)19(31-14)34-17-9(26)5(21)2-6(22)15(17)32-18-8(23)10(27)11(28)16(33-18)7(25)3-24/h4-19,24-30H,2-3,20-23H2,1H3/t4-,5+,6-,7+,8+,9-,10+,11-,12+,13-,14+,15+,16+,17+,18-,19-/m0/s1. The zero-order valence-electron chi connectivity index (χ0n) is 18.7. The van der Waals surface area contributed by atoms with Gasteiger partial charge < -0.3 is 77.6 Å². The van der Waals surface area contributed by atoms with Crippen molar-refractivity contribution in [1.82, 2.24) is 0 Å². The lowest BCUT2D eigenvalue weighted by atomic mass is 9.84. The first-order valence-electron chi connectivity index (χ1n) is 11.2. The third kappa shape index (κ3) is 5.39. The molecule has 0 aromatic heterocycles. The SMILES string of the molecule is C[C@H](N)[C@H]1O[C@@H](O[C@@H]2[C@@H](O)[C@H](N)C[C@H](N)[C@H]2O[C@H]2O[C@H]([C@H](O)CO)[C@@H](O)[C@H](O)[C@H]2N)[C@@H](O)[C@H]1O. The molecule has 0 spiro atoms. The molecule has 3 aliphatic rings. The Morgan fingerprint density at radius 3 is 1.91 bits per heavy atom. The van der Waals surface area contributed by atoms with Crippen LogP contribution in [0.3, 0.4) is 0 Å². The van der Waals surface area contributed by atoms with Crippen LogP contribution in [0.2, 0.25) is 0 Å². The van der Waals surface area contributed by atoms with Crippen molar-refractivity contribution in [2.75, 3.05) is 6.61 Å². The van der Waals surface area contributed by atoms with E-state index in [9.17, 15) is 35.7 Å². The average Bonchev–Trinajstić information content (AvgIpc) is 3.07. The summed E-state index contributed by atoms with van der Waals surface area (Å²) in [7, 11) is 0. The second-order valence-corrected chi connectivity index (χ2v) is 9.34. The van der Waals surface area contributed by atoms with Crippen LogP contribution in [-0.4, -0.2) is 140 Å². The highest BCUT2D eigenvalue weighted by Gasteiger charge is 2.53. The van der Waals surface area contributed by atoms with Crippen molar-refractivity contribution in [1.29, 1.82) is 0 Å². The number of hydrogen-bond donors (Lipinski definition) is 11. The van der Waals surface area contributed by atoms with Gasteiger partial charge in [-0.2, -0.15) is 0 Å². The molecular formula is C19H38N4O11. The van der Waals surface area contributed by atoms with Crippen LogP contribution >= 0.6 is 0 Å². The molecule has 2 saturated heterocycles. The molecule has 34 heavy (non-hydrogen) atoms. The Balaban J connectivity index is 1.80. The zero-order valence-corrected chi connectivity index (χ0v) is 18.7. The molecule has 2 aliphatic heterocycles. The maximum absolute atomic E-state index is 10.7. The van der Waals surface area contributed by atoms with E-state index in [4.69, 9.17) is 41.9 Å². The maximum atomic E-state index is 10.7. The molecular weight excluding hydrogens is 460 g/mol. The van der Waals surface area contributed by atoms with Crippen LogP contribution in [0.15, 0.2) is 0 Å². The van der Waals surface area contributed by atoms with E-state index in [0.717, 1.165) is 0 Å². The van der Waals surface area contributed by atoms with E-state index in [1.165, 1.54) is 0 Å². The largest absolute Gasteiger partial charge is 0.394 e. The van der Waals surface area contributed by atoms with Gasteiger partial charge in [-0.1, -0.05) is 0 Å². The number of aliphatic hydroxyl groups is 7. The minimum Gasteiger partial charge on any atom is -0.394 e. The first kappa shape index (κ1) is 28.0. The van der Waals surface area contributed by atoms with Crippen molar-refractivity contribution in [3.63, 3.8) is 0 Å². The number of nitrogens with two attached hydrogens (primary N) is 4. The molecule has 15 nitrogen and oxygen atoms in total. The van der Waals surface area contributed by atoms with E-state index >= 15 is 0 Å². The van der Waals surface area contributed by atoms with Gasteiger partial charge in [0.25, 0.3) is 0 Å². The van der Waals surface area contributed by atoms with Crippen molar-refractivity contribution < 1.29 is 54.7 Å². The van der Waals surface area contributed by atoms with Gasteiger partial charge in [-0.15, -0.1) is 0 Å². The summed E-state index contributed by atoms with van der Waals surface area (Å²) in [6.07, 6.45) is -16.5. The summed E-state index contributed by atoms with van der Waals surface area (Å²) < 4.78 is 22.7. The summed E-state index contributed by atoms with van der Waals surface area (Å²) in [4.78, 5) is 0. The molecule has 3 rings (SSSR count). The highest BCUT2D eigenvalue weighted by atomic mass is 16.7. The Morgan fingerprint density at radius 1 is 0.794 bits per heavy atom. The molecule has 1 saturated carbocycles. The predicted octanol–water partition coefficient (Wildman–Crippen LogP) is -6.90. The Morgan fingerprint density at radius 2 is 1.35 bits per heavy atom. The monoisotopic (exact) mass is 498 g/mol. The van der Waals surface area contributed by atoms with Crippen molar-refractivity contribution in [3.05, 3.63) is 0 Å². The fraction of sp³-hybridized carbons (Fsp3) is 1.00. The van der Waals surface area contributed by atoms with E-state index in [-0.39, 0.29) is 6.42 Å². The van der Waals surface area contributed by atoms with E-state index < -0.39 is 104 Å². The quantitative estimate of drug-likeness (QED) is 0.155. The van der Waals surface area contributed by atoms with Gasteiger partial charge in [-0.3, -0.25) is 0 Å². The Kier molecular flexibility index (Phi) is 9.22. The lowest BCUT2D eigenvalue weighted by Crippen LogP contribution is -2.68. The minimum absolute atomic E-state index is 0.0979. The van der Waals surface area contributed by atoms with Crippen LogP contribution in [0.5, 0.6) is 0 Å². The molecule has 0 radical (unpaired) electrons. The molecule has 0 aromatic rings. The van der Waals surface area contributed by atoms with Crippen LogP contribution in [0, 0.1) is 0 Å². The molecule has 15 N–H and O–H groups in total. The second kappa shape index (κ2) is 11.2. The third-order valence-electron chi connectivity index (χ3n) is 6.68. The molecule has 0 unspecified atom stereocenters. The number of ether oxygens (including phenoxy) is 4. The molecule has 15 heteroatoms. The zero-order chi connectivity index (χ0) is 25.5. The Bertz CT molecular complexity index is 666. The lowest BCUT2D eigenvalue weighted by molar-refractivity contribution is -0.317. The fourth-order valence-corrected chi connectivity index (χ4v) is 4.59. The first-order valence-corrected chi connectivity index (χ1v) is 11.2. The van der Waals surface area contributed by atoms with Gasteiger partial charge in [0.05, 0.1) is 18.8 Å². The van der Waals surface area contributed by atoms with Crippen molar-refractivity contribution >= 4 is 0 Å². The van der Waals surface area contributed by atoms with Crippen LogP contribution in [0.4, 0.5) is 0 Å². The topological polar surface area (TPSA) is 283 Å².